The van der Waals surface area contributed by atoms with E-state index in [-0.39, 0.29) is 19.4 Å². The van der Waals surface area contributed by atoms with Crippen molar-refractivity contribution in [3.63, 3.8) is 0 Å². The maximum atomic E-state index is 13.4. The molecule has 0 bridgehead atoms. The van der Waals surface area contributed by atoms with Crippen LogP contribution in [0.2, 0.25) is 0 Å². The third-order valence-electron chi connectivity index (χ3n) is 6.03. The number of likely N-dealkylation sites (tertiary alicyclic amines) is 1. The largest absolute Gasteiger partial charge is 0.481 e. The van der Waals surface area contributed by atoms with Gasteiger partial charge in [-0.25, -0.2) is 4.79 Å². The van der Waals surface area contributed by atoms with Crippen molar-refractivity contribution in [2.24, 2.45) is 11.5 Å². The lowest BCUT2D eigenvalue weighted by Crippen LogP contribution is -2.57. The van der Waals surface area contributed by atoms with Crippen LogP contribution in [0.15, 0.2) is 30.3 Å². The summed E-state index contributed by atoms with van der Waals surface area (Å²) in [7, 11) is 0. The maximum absolute atomic E-state index is 13.4. The first-order valence-corrected chi connectivity index (χ1v) is 12.0. The van der Waals surface area contributed by atoms with Crippen LogP contribution in [-0.4, -0.2) is 82.0 Å². The number of rotatable bonds is 14. The average Bonchev–Trinajstić information content (AvgIpc) is 3.33. The summed E-state index contributed by atoms with van der Waals surface area (Å²) in [5, 5.41) is 23.6. The van der Waals surface area contributed by atoms with Gasteiger partial charge in [0.05, 0.1) is 12.5 Å². The Balaban J connectivity index is 2.11. The lowest BCUT2D eigenvalue weighted by molar-refractivity contribution is -0.145. The van der Waals surface area contributed by atoms with E-state index < -0.39 is 60.2 Å². The van der Waals surface area contributed by atoms with Crippen LogP contribution in [0.5, 0.6) is 0 Å². The summed E-state index contributed by atoms with van der Waals surface area (Å²) >= 11 is 0. The second kappa shape index (κ2) is 14.1. The van der Waals surface area contributed by atoms with Gasteiger partial charge in [-0.2, -0.15) is 0 Å². The van der Waals surface area contributed by atoms with Crippen molar-refractivity contribution in [1.82, 2.24) is 15.5 Å². The Morgan fingerprint density at radius 2 is 1.72 bits per heavy atom. The van der Waals surface area contributed by atoms with Crippen molar-refractivity contribution in [3.8, 4) is 0 Å². The Morgan fingerprint density at radius 3 is 2.33 bits per heavy atom. The Hall–Kier alpha value is -3.51. The molecule has 4 unspecified atom stereocenters. The molecule has 1 heterocycles. The second-order valence-electron chi connectivity index (χ2n) is 8.83. The van der Waals surface area contributed by atoms with Gasteiger partial charge in [0.1, 0.15) is 18.1 Å². The summed E-state index contributed by atoms with van der Waals surface area (Å²) in [5.74, 6) is -4.31. The molecule has 0 aromatic heterocycles. The first-order valence-electron chi connectivity index (χ1n) is 12.0. The monoisotopic (exact) mass is 505 g/mol. The molecule has 1 saturated heterocycles. The summed E-state index contributed by atoms with van der Waals surface area (Å²) in [6.45, 7) is 0.651. The smallest absolute Gasteiger partial charge is 0.326 e. The molecule has 2 rings (SSSR count). The normalized spacial score (nSPS) is 17.6. The average molecular weight is 506 g/mol. The van der Waals surface area contributed by atoms with Gasteiger partial charge in [0.25, 0.3) is 0 Å². The number of carboxylic acid groups (broad SMARTS) is 2. The molecule has 198 valence electrons. The molecule has 1 aliphatic rings. The van der Waals surface area contributed by atoms with E-state index in [4.69, 9.17) is 16.6 Å². The van der Waals surface area contributed by atoms with Crippen molar-refractivity contribution in [2.45, 2.75) is 69.1 Å². The molecule has 1 fully saturated rings. The predicted molar refractivity (Wildman–Crippen MR) is 130 cm³/mol. The molecule has 0 aliphatic carbocycles. The number of hydrogen-bond acceptors (Lipinski definition) is 7. The SMILES string of the molecule is NCCCCC(NC(=O)C(N)CC(=O)O)C(=O)N1CCCC1C(=O)NC(Cc1ccccc1)C(=O)O. The Bertz CT molecular complexity index is 927. The molecule has 3 amide bonds. The highest BCUT2D eigenvalue weighted by molar-refractivity contribution is 5.95. The van der Waals surface area contributed by atoms with Crippen molar-refractivity contribution in [3.05, 3.63) is 35.9 Å². The summed E-state index contributed by atoms with van der Waals surface area (Å²) < 4.78 is 0. The Labute approximate surface area is 209 Å². The Kier molecular flexibility index (Phi) is 11.3. The van der Waals surface area contributed by atoms with E-state index in [0.717, 1.165) is 5.56 Å². The lowest BCUT2D eigenvalue weighted by Gasteiger charge is -2.30. The fourth-order valence-corrected chi connectivity index (χ4v) is 4.13. The van der Waals surface area contributed by atoms with E-state index >= 15 is 0 Å². The van der Waals surface area contributed by atoms with Gasteiger partial charge in [-0.05, 0) is 44.2 Å². The third-order valence-corrected chi connectivity index (χ3v) is 6.03. The number of carbonyl (C=O) groups excluding carboxylic acids is 3. The summed E-state index contributed by atoms with van der Waals surface area (Å²) in [6, 6.07) is 4.45. The highest BCUT2D eigenvalue weighted by atomic mass is 16.4. The fraction of sp³-hybridized carbons (Fsp3) is 0.542. The number of nitrogens with two attached hydrogens (primary N) is 2. The highest BCUT2D eigenvalue weighted by Gasteiger charge is 2.39. The zero-order valence-corrected chi connectivity index (χ0v) is 20.1. The van der Waals surface area contributed by atoms with Crippen LogP contribution in [0.3, 0.4) is 0 Å². The number of unbranched alkanes of at least 4 members (excludes halogenated alkanes) is 1. The van der Waals surface area contributed by atoms with E-state index in [1.165, 1.54) is 4.90 Å². The predicted octanol–water partition coefficient (Wildman–Crippen LogP) is -0.795. The van der Waals surface area contributed by atoms with E-state index in [9.17, 15) is 29.1 Å². The summed E-state index contributed by atoms with van der Waals surface area (Å²) in [5.41, 5.74) is 11.9. The van der Waals surface area contributed by atoms with Gasteiger partial charge in [-0.1, -0.05) is 30.3 Å². The quantitative estimate of drug-likeness (QED) is 0.175. The van der Waals surface area contributed by atoms with Crippen LogP contribution >= 0.6 is 0 Å². The molecule has 0 radical (unpaired) electrons. The van der Waals surface area contributed by atoms with E-state index in [1.54, 1.807) is 30.3 Å². The molecule has 0 spiro atoms. The van der Waals surface area contributed by atoms with Gasteiger partial charge in [-0.15, -0.1) is 0 Å². The third kappa shape index (κ3) is 8.61. The van der Waals surface area contributed by atoms with Crippen LogP contribution < -0.4 is 22.1 Å². The van der Waals surface area contributed by atoms with E-state index in [0.29, 0.717) is 32.2 Å². The van der Waals surface area contributed by atoms with Crippen molar-refractivity contribution < 1.29 is 34.2 Å². The summed E-state index contributed by atoms with van der Waals surface area (Å²) in [6.07, 6.45) is 1.72. The standard InChI is InChI=1S/C24H35N5O7/c25-11-5-4-9-17(27-21(32)16(26)14-20(30)31)23(34)29-12-6-10-19(29)22(33)28-18(24(35)36)13-15-7-2-1-3-8-15/h1-3,7-8,16-19H,4-6,9-14,25-26H2,(H,27,32)(H,28,33)(H,30,31)(H,35,36). The van der Waals surface area contributed by atoms with Crippen LogP contribution in [0.25, 0.3) is 0 Å². The minimum Gasteiger partial charge on any atom is -0.481 e. The number of benzene rings is 1. The number of hydrogen-bond donors (Lipinski definition) is 6. The molecular formula is C24H35N5O7. The van der Waals surface area contributed by atoms with E-state index in [2.05, 4.69) is 10.6 Å². The fourth-order valence-electron chi connectivity index (χ4n) is 4.13. The molecule has 4 atom stereocenters. The van der Waals surface area contributed by atoms with Crippen LogP contribution in [-0.2, 0) is 30.4 Å². The maximum Gasteiger partial charge on any atom is 0.326 e. The molecular weight excluding hydrogens is 470 g/mol. The van der Waals surface area contributed by atoms with Crippen LogP contribution in [0.4, 0.5) is 0 Å². The molecule has 12 heteroatoms. The number of carbonyl (C=O) groups is 5. The van der Waals surface area contributed by atoms with Gasteiger partial charge in [0.15, 0.2) is 0 Å². The van der Waals surface area contributed by atoms with E-state index in [1.807, 2.05) is 0 Å². The number of carboxylic acids is 2. The molecule has 1 aromatic rings. The highest BCUT2D eigenvalue weighted by Crippen LogP contribution is 2.20. The number of nitrogens with zero attached hydrogens (tertiary/aromatic N) is 1. The molecule has 12 nitrogen and oxygen atoms in total. The van der Waals surface area contributed by atoms with Crippen LogP contribution in [0, 0.1) is 0 Å². The van der Waals surface area contributed by atoms with Gasteiger partial charge in [-0.3, -0.25) is 19.2 Å². The second-order valence-corrected chi connectivity index (χ2v) is 8.83. The van der Waals surface area contributed by atoms with Gasteiger partial charge in [0, 0.05) is 13.0 Å². The van der Waals surface area contributed by atoms with Crippen LogP contribution in [0.1, 0.15) is 44.1 Å². The first-order chi connectivity index (χ1) is 17.1. The lowest BCUT2D eigenvalue weighted by atomic mass is 10.0. The zero-order chi connectivity index (χ0) is 26.7. The number of amides is 3. The molecule has 1 aliphatic heterocycles. The van der Waals surface area contributed by atoms with Crippen molar-refractivity contribution >= 4 is 29.7 Å². The molecule has 0 saturated carbocycles. The first kappa shape index (κ1) is 28.7. The van der Waals surface area contributed by atoms with Gasteiger partial charge < -0.3 is 37.2 Å². The number of nitrogens with one attached hydrogen (secondary N) is 2. The number of aliphatic carboxylic acids is 2. The van der Waals surface area contributed by atoms with Gasteiger partial charge >= 0.3 is 11.9 Å². The Morgan fingerprint density at radius 1 is 1.03 bits per heavy atom. The minimum atomic E-state index is -1.33. The molecule has 1 aromatic carbocycles. The zero-order valence-electron chi connectivity index (χ0n) is 20.1. The minimum absolute atomic E-state index is 0.0851. The van der Waals surface area contributed by atoms with Crippen molar-refractivity contribution in [2.75, 3.05) is 13.1 Å². The summed E-state index contributed by atoms with van der Waals surface area (Å²) in [4.78, 5) is 62.8. The molecule has 36 heavy (non-hydrogen) atoms. The van der Waals surface area contributed by atoms with Gasteiger partial charge in [0.2, 0.25) is 17.7 Å². The topological polar surface area (TPSA) is 205 Å². The molecule has 8 N–H and O–H groups in total. The van der Waals surface area contributed by atoms with Crippen molar-refractivity contribution in [1.29, 1.82) is 0 Å².